The molecule has 0 aliphatic heterocycles. The highest BCUT2D eigenvalue weighted by Crippen LogP contribution is 2.38. The van der Waals surface area contributed by atoms with Gasteiger partial charge in [0.25, 0.3) is 0 Å². The van der Waals surface area contributed by atoms with Crippen molar-refractivity contribution in [3.63, 3.8) is 0 Å². The fraction of sp³-hybridized carbons (Fsp3) is 0.211. The third kappa shape index (κ3) is 2.55. The first-order valence-electron chi connectivity index (χ1n) is 8.38. The van der Waals surface area contributed by atoms with Crippen LogP contribution in [0.25, 0.3) is 26.8 Å². The monoisotopic (exact) mass is 366 g/mol. The van der Waals surface area contributed by atoms with Crippen LogP contribution >= 0.6 is 22.9 Å². The Hall–Kier alpha value is -2.24. The molecule has 0 aromatic carbocycles. The highest BCUT2D eigenvalue weighted by molar-refractivity contribution is 7.18. The van der Waals surface area contributed by atoms with Crippen molar-refractivity contribution in [3.05, 3.63) is 59.0 Å². The Morgan fingerprint density at radius 3 is 2.68 bits per heavy atom. The minimum Gasteiger partial charge on any atom is -0.306 e. The number of aromatic nitrogens is 4. The predicted octanol–water partition coefficient (Wildman–Crippen LogP) is 5.05. The average molecular weight is 367 g/mol. The quantitative estimate of drug-likeness (QED) is 0.498. The van der Waals surface area contributed by atoms with E-state index in [4.69, 9.17) is 16.6 Å². The van der Waals surface area contributed by atoms with Crippen LogP contribution in [0.5, 0.6) is 0 Å². The van der Waals surface area contributed by atoms with Crippen LogP contribution in [0.4, 0.5) is 0 Å². The van der Waals surface area contributed by atoms with Gasteiger partial charge in [0.2, 0.25) is 0 Å². The summed E-state index contributed by atoms with van der Waals surface area (Å²) in [5, 5.41) is 9.17. The van der Waals surface area contributed by atoms with Gasteiger partial charge in [0.15, 0.2) is 5.15 Å². The summed E-state index contributed by atoms with van der Waals surface area (Å²) in [6, 6.07) is 10.3. The van der Waals surface area contributed by atoms with Crippen LogP contribution in [0.15, 0.2) is 42.7 Å². The fourth-order valence-electron chi connectivity index (χ4n) is 3.46. The molecule has 0 saturated carbocycles. The summed E-state index contributed by atoms with van der Waals surface area (Å²) in [4.78, 5) is 6.98. The Morgan fingerprint density at radius 2 is 1.80 bits per heavy atom. The Balaban J connectivity index is 1.59. The zero-order chi connectivity index (χ0) is 16.8. The number of rotatable bonds is 2. The molecule has 4 nitrogen and oxygen atoms in total. The molecule has 0 amide bonds. The molecule has 5 rings (SSSR count). The lowest BCUT2D eigenvalue weighted by Crippen LogP contribution is -2.08. The standard InChI is InChI=1S/C19H15ClN4S/c20-19-13-6-2-1-5-12(13)18(22-23-19)16-9-8-15(25-16)14-11-24-10-4-3-7-17(24)21-14/h3-4,7-11H,1-2,5-6H2. The van der Waals surface area contributed by atoms with E-state index >= 15 is 0 Å². The number of thiophene rings is 1. The molecular weight excluding hydrogens is 352 g/mol. The fourth-order valence-corrected chi connectivity index (χ4v) is 4.68. The predicted molar refractivity (Wildman–Crippen MR) is 101 cm³/mol. The Morgan fingerprint density at radius 1 is 0.960 bits per heavy atom. The molecule has 0 fully saturated rings. The van der Waals surface area contributed by atoms with Gasteiger partial charge in [0, 0.05) is 12.4 Å². The van der Waals surface area contributed by atoms with Crippen LogP contribution in [0.2, 0.25) is 5.15 Å². The molecule has 0 radical (unpaired) electrons. The van der Waals surface area contributed by atoms with Crippen molar-refractivity contribution in [2.75, 3.05) is 0 Å². The normalized spacial score (nSPS) is 14.0. The van der Waals surface area contributed by atoms with Crippen LogP contribution < -0.4 is 0 Å². The second kappa shape index (κ2) is 5.93. The molecule has 1 aliphatic rings. The summed E-state index contributed by atoms with van der Waals surface area (Å²) < 4.78 is 2.04. The molecular formula is C19H15ClN4S. The van der Waals surface area contributed by atoms with Crippen molar-refractivity contribution >= 4 is 28.6 Å². The lowest BCUT2D eigenvalue weighted by atomic mass is 9.91. The van der Waals surface area contributed by atoms with E-state index in [1.165, 1.54) is 24.0 Å². The summed E-state index contributed by atoms with van der Waals surface area (Å²) in [5.74, 6) is 0. The van der Waals surface area contributed by atoms with Gasteiger partial charge < -0.3 is 4.40 Å². The van der Waals surface area contributed by atoms with Crippen molar-refractivity contribution in [2.24, 2.45) is 0 Å². The number of hydrogen-bond donors (Lipinski definition) is 0. The molecule has 1 aliphatic carbocycles. The van der Waals surface area contributed by atoms with Crippen molar-refractivity contribution in [3.8, 4) is 21.1 Å². The van der Waals surface area contributed by atoms with E-state index in [-0.39, 0.29) is 0 Å². The molecule has 0 saturated heterocycles. The first-order valence-corrected chi connectivity index (χ1v) is 9.57. The maximum atomic E-state index is 6.26. The molecule has 0 bridgehead atoms. The molecule has 0 spiro atoms. The van der Waals surface area contributed by atoms with Gasteiger partial charge in [0.05, 0.1) is 15.4 Å². The molecule has 4 aromatic heterocycles. The van der Waals surface area contributed by atoms with E-state index < -0.39 is 0 Å². The minimum absolute atomic E-state index is 0.565. The number of halogens is 1. The van der Waals surface area contributed by atoms with Crippen LogP contribution in [-0.4, -0.2) is 19.6 Å². The Bertz CT molecular complexity index is 1050. The van der Waals surface area contributed by atoms with Gasteiger partial charge in [-0.3, -0.25) is 0 Å². The van der Waals surface area contributed by atoms with Gasteiger partial charge >= 0.3 is 0 Å². The SMILES string of the molecule is Clc1nnc(-c2ccc(-c3cn4ccccc4n3)s2)c2c1CCCC2. The first kappa shape index (κ1) is 15.0. The van der Waals surface area contributed by atoms with Crippen molar-refractivity contribution in [1.82, 2.24) is 19.6 Å². The smallest absolute Gasteiger partial charge is 0.155 e. The van der Waals surface area contributed by atoms with E-state index in [1.54, 1.807) is 11.3 Å². The van der Waals surface area contributed by atoms with Gasteiger partial charge in [-0.15, -0.1) is 21.5 Å². The highest BCUT2D eigenvalue weighted by Gasteiger charge is 2.21. The molecule has 124 valence electrons. The summed E-state index contributed by atoms with van der Waals surface area (Å²) in [6.45, 7) is 0. The first-order chi connectivity index (χ1) is 12.3. The number of hydrogen-bond acceptors (Lipinski definition) is 4. The molecule has 25 heavy (non-hydrogen) atoms. The van der Waals surface area contributed by atoms with Crippen LogP contribution in [0.3, 0.4) is 0 Å². The summed E-state index contributed by atoms with van der Waals surface area (Å²) in [6.07, 6.45) is 8.47. The molecule has 4 aromatic rings. The van der Waals surface area contributed by atoms with Crippen LogP contribution in [0, 0.1) is 0 Å². The van der Waals surface area contributed by atoms with Crippen LogP contribution in [-0.2, 0) is 12.8 Å². The van der Waals surface area contributed by atoms with E-state index in [0.717, 1.165) is 39.6 Å². The molecule has 6 heteroatoms. The van der Waals surface area contributed by atoms with Gasteiger partial charge in [-0.2, -0.15) is 0 Å². The van der Waals surface area contributed by atoms with E-state index in [9.17, 15) is 0 Å². The van der Waals surface area contributed by atoms with Crippen molar-refractivity contribution in [1.29, 1.82) is 0 Å². The van der Waals surface area contributed by atoms with E-state index in [2.05, 4.69) is 28.5 Å². The zero-order valence-corrected chi connectivity index (χ0v) is 15.0. The van der Waals surface area contributed by atoms with Gasteiger partial charge in [-0.25, -0.2) is 4.98 Å². The largest absolute Gasteiger partial charge is 0.306 e. The van der Waals surface area contributed by atoms with Gasteiger partial charge in [-0.1, -0.05) is 17.7 Å². The maximum Gasteiger partial charge on any atom is 0.155 e. The number of pyridine rings is 1. The van der Waals surface area contributed by atoms with Gasteiger partial charge in [-0.05, 0) is 61.1 Å². The average Bonchev–Trinajstić information content (AvgIpc) is 3.29. The van der Waals surface area contributed by atoms with Crippen LogP contribution in [0.1, 0.15) is 24.0 Å². The highest BCUT2D eigenvalue weighted by atomic mass is 35.5. The molecule has 0 N–H and O–H groups in total. The molecule has 0 atom stereocenters. The lowest BCUT2D eigenvalue weighted by Gasteiger charge is -2.18. The van der Waals surface area contributed by atoms with Crippen molar-refractivity contribution in [2.45, 2.75) is 25.7 Å². The third-order valence-electron chi connectivity index (χ3n) is 4.70. The second-order valence-electron chi connectivity index (χ2n) is 6.26. The van der Waals surface area contributed by atoms with Crippen molar-refractivity contribution < 1.29 is 0 Å². The summed E-state index contributed by atoms with van der Waals surface area (Å²) in [7, 11) is 0. The summed E-state index contributed by atoms with van der Waals surface area (Å²) >= 11 is 7.98. The lowest BCUT2D eigenvalue weighted by molar-refractivity contribution is 0.677. The van der Waals surface area contributed by atoms with E-state index in [1.807, 2.05) is 28.8 Å². The minimum atomic E-state index is 0.565. The van der Waals surface area contributed by atoms with E-state index in [0.29, 0.717) is 5.15 Å². The maximum absolute atomic E-state index is 6.26. The van der Waals surface area contributed by atoms with Gasteiger partial charge in [0.1, 0.15) is 11.3 Å². The third-order valence-corrected chi connectivity index (χ3v) is 6.11. The number of nitrogens with zero attached hydrogens (tertiary/aromatic N) is 4. The number of fused-ring (bicyclic) bond motifs is 2. The summed E-state index contributed by atoms with van der Waals surface area (Å²) in [5.41, 5.74) is 5.38. The second-order valence-corrected chi connectivity index (χ2v) is 7.70. The Kier molecular flexibility index (Phi) is 3.57. The topological polar surface area (TPSA) is 43.1 Å². The molecule has 0 unspecified atom stereocenters. The Labute approximate surface area is 154 Å². The number of imidazole rings is 1. The zero-order valence-electron chi connectivity index (χ0n) is 13.4. The molecule has 4 heterocycles.